The van der Waals surface area contributed by atoms with E-state index in [-0.39, 0.29) is 18.6 Å². The third-order valence-corrected chi connectivity index (χ3v) is 1.85. The zero-order valence-corrected chi connectivity index (χ0v) is 7.90. The summed E-state index contributed by atoms with van der Waals surface area (Å²) >= 11 is 0. The van der Waals surface area contributed by atoms with Crippen molar-refractivity contribution in [3.8, 4) is 0 Å². The highest BCUT2D eigenvalue weighted by Crippen LogP contribution is 1.91. The highest BCUT2D eigenvalue weighted by Gasteiger charge is 2.05. The topological polar surface area (TPSA) is 74.3 Å². The Kier molecular flexibility index (Phi) is 3.41. The Hall–Kier alpha value is -1.62. The lowest BCUT2D eigenvalue weighted by atomic mass is 10.3. The van der Waals surface area contributed by atoms with E-state index in [1.807, 2.05) is 0 Å². The highest BCUT2D eigenvalue weighted by atomic mass is 16.5. The second-order valence-corrected chi connectivity index (χ2v) is 2.75. The molecule has 76 valence electrons. The third-order valence-electron chi connectivity index (χ3n) is 1.85. The fourth-order valence-electron chi connectivity index (χ4n) is 1.07. The molecule has 0 saturated heterocycles. The molecule has 0 saturated carbocycles. The van der Waals surface area contributed by atoms with Gasteiger partial charge in [0.25, 0.3) is 5.56 Å². The molecule has 5 nitrogen and oxygen atoms in total. The van der Waals surface area contributed by atoms with Crippen LogP contribution in [0.4, 0.5) is 0 Å². The molecule has 0 aliphatic carbocycles. The fourth-order valence-corrected chi connectivity index (χ4v) is 1.07. The summed E-state index contributed by atoms with van der Waals surface area (Å²) in [6.07, 6.45) is 1.53. The van der Waals surface area contributed by atoms with Gasteiger partial charge in [-0.1, -0.05) is 6.07 Å². The lowest BCUT2D eigenvalue weighted by molar-refractivity contribution is -0.141. The average Bonchev–Trinajstić information content (AvgIpc) is 2.21. The van der Waals surface area contributed by atoms with Crippen molar-refractivity contribution in [1.82, 2.24) is 4.57 Å². The van der Waals surface area contributed by atoms with Crippen molar-refractivity contribution in [1.29, 1.82) is 0 Å². The highest BCUT2D eigenvalue weighted by molar-refractivity contribution is 5.68. The van der Waals surface area contributed by atoms with Gasteiger partial charge in [-0.2, -0.15) is 0 Å². The van der Waals surface area contributed by atoms with E-state index in [0.717, 1.165) is 0 Å². The van der Waals surface area contributed by atoms with Crippen molar-refractivity contribution in [3.63, 3.8) is 0 Å². The largest absolute Gasteiger partial charge is 0.468 e. The Balaban J connectivity index is 2.98. The minimum absolute atomic E-state index is 0.0802. The molecule has 0 aliphatic rings. The van der Waals surface area contributed by atoms with Crippen molar-refractivity contribution < 1.29 is 9.53 Å². The van der Waals surface area contributed by atoms with Crippen LogP contribution in [0, 0.1) is 0 Å². The van der Waals surface area contributed by atoms with Crippen LogP contribution in [-0.2, 0) is 22.6 Å². The first kappa shape index (κ1) is 10.5. The van der Waals surface area contributed by atoms with E-state index < -0.39 is 5.97 Å². The van der Waals surface area contributed by atoms with E-state index in [0.29, 0.717) is 5.56 Å². The first-order chi connectivity index (χ1) is 6.69. The first-order valence-electron chi connectivity index (χ1n) is 4.14. The Bertz CT molecular complexity index is 384. The maximum Gasteiger partial charge on any atom is 0.325 e. The zero-order chi connectivity index (χ0) is 10.6. The maximum absolute atomic E-state index is 11.5. The van der Waals surface area contributed by atoms with Gasteiger partial charge < -0.3 is 15.0 Å². The third kappa shape index (κ3) is 2.20. The molecule has 0 fully saturated rings. The van der Waals surface area contributed by atoms with Crippen molar-refractivity contribution in [2.45, 2.75) is 13.1 Å². The van der Waals surface area contributed by atoms with Gasteiger partial charge in [-0.3, -0.25) is 9.59 Å². The van der Waals surface area contributed by atoms with Crippen LogP contribution in [0.25, 0.3) is 0 Å². The minimum atomic E-state index is -0.457. The van der Waals surface area contributed by atoms with Crippen molar-refractivity contribution in [2.75, 3.05) is 7.11 Å². The van der Waals surface area contributed by atoms with Gasteiger partial charge >= 0.3 is 5.97 Å². The molecule has 0 atom stereocenters. The molecule has 0 radical (unpaired) electrons. The number of nitrogens with two attached hydrogens (primary N) is 1. The molecule has 5 heteroatoms. The normalized spacial score (nSPS) is 9.86. The number of hydrogen-bond donors (Lipinski definition) is 1. The number of rotatable bonds is 3. The molecule has 0 bridgehead atoms. The summed E-state index contributed by atoms with van der Waals surface area (Å²) in [5.74, 6) is -0.457. The van der Waals surface area contributed by atoms with Gasteiger partial charge in [0.1, 0.15) is 6.54 Å². The summed E-state index contributed by atoms with van der Waals surface area (Å²) in [5, 5.41) is 0. The van der Waals surface area contributed by atoms with Gasteiger partial charge in [0.15, 0.2) is 0 Å². The Morgan fingerprint density at radius 2 is 2.36 bits per heavy atom. The second-order valence-electron chi connectivity index (χ2n) is 2.75. The van der Waals surface area contributed by atoms with Gasteiger partial charge in [-0.25, -0.2) is 0 Å². The molecule has 0 amide bonds. The number of ether oxygens (including phenoxy) is 1. The van der Waals surface area contributed by atoms with Crippen LogP contribution in [-0.4, -0.2) is 17.6 Å². The van der Waals surface area contributed by atoms with Crippen LogP contribution in [0.3, 0.4) is 0 Å². The maximum atomic E-state index is 11.5. The summed E-state index contributed by atoms with van der Waals surface area (Å²) in [6.45, 7) is 0.0873. The molecule has 0 aliphatic heterocycles. The Morgan fingerprint density at radius 1 is 1.64 bits per heavy atom. The lowest BCUT2D eigenvalue weighted by Gasteiger charge is -2.04. The number of aromatic nitrogens is 1. The van der Waals surface area contributed by atoms with E-state index in [2.05, 4.69) is 4.74 Å². The van der Waals surface area contributed by atoms with Crippen molar-refractivity contribution in [3.05, 3.63) is 34.2 Å². The van der Waals surface area contributed by atoms with Gasteiger partial charge in [-0.05, 0) is 6.07 Å². The molecule has 2 N–H and O–H groups in total. The van der Waals surface area contributed by atoms with Crippen molar-refractivity contribution >= 4 is 5.97 Å². The first-order valence-corrected chi connectivity index (χ1v) is 4.14. The SMILES string of the molecule is COC(=O)Cn1cccc(CN)c1=O. The predicted molar refractivity (Wildman–Crippen MR) is 50.6 cm³/mol. The van der Waals surface area contributed by atoms with E-state index in [1.54, 1.807) is 12.1 Å². The number of pyridine rings is 1. The average molecular weight is 196 g/mol. The van der Waals surface area contributed by atoms with Crippen LogP contribution < -0.4 is 11.3 Å². The summed E-state index contributed by atoms with van der Waals surface area (Å²) in [6, 6.07) is 3.31. The quantitative estimate of drug-likeness (QED) is 0.660. The molecule has 1 rings (SSSR count). The van der Waals surface area contributed by atoms with E-state index in [9.17, 15) is 9.59 Å². The Morgan fingerprint density at radius 3 is 2.93 bits per heavy atom. The lowest BCUT2D eigenvalue weighted by Crippen LogP contribution is -2.27. The van der Waals surface area contributed by atoms with Crippen LogP contribution in [0.1, 0.15) is 5.56 Å². The summed E-state index contributed by atoms with van der Waals surface area (Å²) in [5.41, 5.74) is 5.59. The van der Waals surface area contributed by atoms with Crippen LogP contribution >= 0.6 is 0 Å². The standard InChI is InChI=1S/C9H12N2O3/c1-14-8(12)6-11-4-2-3-7(5-10)9(11)13/h2-4H,5-6,10H2,1H3. The Labute approximate surface area is 81.1 Å². The molecule has 1 aromatic rings. The van der Waals surface area contributed by atoms with Crippen LogP contribution in [0.15, 0.2) is 23.1 Å². The van der Waals surface area contributed by atoms with E-state index >= 15 is 0 Å². The van der Waals surface area contributed by atoms with Crippen LogP contribution in [0.2, 0.25) is 0 Å². The minimum Gasteiger partial charge on any atom is -0.468 e. The van der Waals surface area contributed by atoms with Gasteiger partial charge in [0.05, 0.1) is 7.11 Å². The summed E-state index contributed by atoms with van der Waals surface area (Å²) < 4.78 is 5.72. The van der Waals surface area contributed by atoms with E-state index in [1.165, 1.54) is 17.9 Å². The molecule has 14 heavy (non-hydrogen) atoms. The van der Waals surface area contributed by atoms with Gasteiger partial charge in [0, 0.05) is 18.3 Å². The summed E-state index contributed by atoms with van der Waals surface area (Å²) in [4.78, 5) is 22.4. The molecule has 1 aromatic heterocycles. The molecule has 1 heterocycles. The molecule has 0 unspecified atom stereocenters. The van der Waals surface area contributed by atoms with Gasteiger partial charge in [0.2, 0.25) is 0 Å². The fraction of sp³-hybridized carbons (Fsp3) is 0.333. The number of carbonyl (C=O) groups excluding carboxylic acids is 1. The van der Waals surface area contributed by atoms with Crippen LogP contribution in [0.5, 0.6) is 0 Å². The predicted octanol–water partition coefficient (Wildman–Crippen LogP) is -0.520. The van der Waals surface area contributed by atoms with E-state index in [4.69, 9.17) is 5.73 Å². The number of esters is 1. The monoisotopic (exact) mass is 196 g/mol. The molecular weight excluding hydrogens is 184 g/mol. The molecule has 0 spiro atoms. The molecular formula is C9H12N2O3. The number of nitrogens with zero attached hydrogens (tertiary/aromatic N) is 1. The zero-order valence-electron chi connectivity index (χ0n) is 7.90. The number of carbonyl (C=O) groups is 1. The van der Waals surface area contributed by atoms with Gasteiger partial charge in [-0.15, -0.1) is 0 Å². The smallest absolute Gasteiger partial charge is 0.325 e. The number of hydrogen-bond acceptors (Lipinski definition) is 4. The number of methoxy groups -OCH3 is 1. The molecule has 0 aromatic carbocycles. The second kappa shape index (κ2) is 4.57. The van der Waals surface area contributed by atoms with Crippen molar-refractivity contribution in [2.24, 2.45) is 5.73 Å². The summed E-state index contributed by atoms with van der Waals surface area (Å²) in [7, 11) is 1.28.